The minimum atomic E-state index is 0.271. The third-order valence-corrected chi connectivity index (χ3v) is 4.13. The standard InChI is InChI=1S/C13H21ClN4/c1-8-4-6-10(7-5-8)18(3)12-11(15)9(2)16-13(14)17-12/h8,10H,4-7,15H2,1-3H3. The van der Waals surface area contributed by atoms with Crippen LogP contribution in [0.1, 0.15) is 38.3 Å². The van der Waals surface area contributed by atoms with Gasteiger partial charge in [0.15, 0.2) is 5.82 Å². The van der Waals surface area contributed by atoms with E-state index in [2.05, 4.69) is 28.8 Å². The average Bonchev–Trinajstić information content (AvgIpc) is 2.34. The lowest BCUT2D eigenvalue weighted by atomic mass is 9.87. The number of nitrogens with two attached hydrogens (primary N) is 1. The Labute approximate surface area is 114 Å². The van der Waals surface area contributed by atoms with Crippen LogP contribution in [-0.2, 0) is 0 Å². The average molecular weight is 269 g/mol. The summed E-state index contributed by atoms with van der Waals surface area (Å²) in [6, 6.07) is 0.508. The zero-order valence-electron chi connectivity index (χ0n) is 11.3. The molecule has 5 heteroatoms. The van der Waals surface area contributed by atoms with E-state index in [1.807, 2.05) is 6.92 Å². The molecule has 18 heavy (non-hydrogen) atoms. The van der Waals surface area contributed by atoms with Gasteiger partial charge in [0, 0.05) is 13.1 Å². The molecular weight excluding hydrogens is 248 g/mol. The lowest BCUT2D eigenvalue weighted by Gasteiger charge is -2.34. The van der Waals surface area contributed by atoms with Crippen LogP contribution in [0.15, 0.2) is 0 Å². The quantitative estimate of drug-likeness (QED) is 0.838. The van der Waals surface area contributed by atoms with Gasteiger partial charge in [-0.3, -0.25) is 0 Å². The summed E-state index contributed by atoms with van der Waals surface area (Å²) < 4.78 is 0. The van der Waals surface area contributed by atoms with E-state index in [0.717, 1.165) is 17.4 Å². The van der Waals surface area contributed by atoms with Crippen molar-refractivity contribution >= 4 is 23.1 Å². The van der Waals surface area contributed by atoms with Crippen molar-refractivity contribution in [3.8, 4) is 0 Å². The van der Waals surface area contributed by atoms with Gasteiger partial charge in [-0.15, -0.1) is 0 Å². The molecule has 4 nitrogen and oxygen atoms in total. The van der Waals surface area contributed by atoms with Crippen LogP contribution in [0.4, 0.5) is 11.5 Å². The highest BCUT2D eigenvalue weighted by Crippen LogP contribution is 2.32. The van der Waals surface area contributed by atoms with Gasteiger partial charge in [-0.1, -0.05) is 6.92 Å². The molecule has 1 aromatic rings. The van der Waals surface area contributed by atoms with E-state index in [1.54, 1.807) is 0 Å². The van der Waals surface area contributed by atoms with Gasteiger partial charge in [0.2, 0.25) is 5.28 Å². The number of aryl methyl sites for hydroxylation is 1. The van der Waals surface area contributed by atoms with Gasteiger partial charge in [-0.25, -0.2) is 4.98 Å². The molecule has 0 saturated heterocycles. The molecule has 1 fully saturated rings. The molecule has 1 aliphatic carbocycles. The molecule has 2 N–H and O–H groups in total. The second-order valence-corrected chi connectivity index (χ2v) is 5.68. The van der Waals surface area contributed by atoms with Gasteiger partial charge in [-0.05, 0) is 50.1 Å². The first-order chi connectivity index (χ1) is 8.49. The molecule has 1 aromatic heterocycles. The van der Waals surface area contributed by atoms with E-state index in [-0.39, 0.29) is 5.28 Å². The number of aromatic nitrogens is 2. The van der Waals surface area contributed by atoms with E-state index < -0.39 is 0 Å². The van der Waals surface area contributed by atoms with Crippen LogP contribution in [0.25, 0.3) is 0 Å². The Morgan fingerprint density at radius 1 is 1.22 bits per heavy atom. The predicted octanol–water partition coefficient (Wildman–Crippen LogP) is 3.04. The summed E-state index contributed by atoms with van der Waals surface area (Å²) in [6.45, 7) is 4.18. The zero-order chi connectivity index (χ0) is 13.3. The molecule has 0 atom stereocenters. The summed E-state index contributed by atoms with van der Waals surface area (Å²) in [7, 11) is 2.05. The summed E-state index contributed by atoms with van der Waals surface area (Å²) in [5.41, 5.74) is 7.45. The Bertz CT molecular complexity index is 427. The van der Waals surface area contributed by atoms with E-state index >= 15 is 0 Å². The summed E-state index contributed by atoms with van der Waals surface area (Å²) >= 11 is 5.92. The van der Waals surface area contributed by atoms with Crippen molar-refractivity contribution in [1.29, 1.82) is 0 Å². The van der Waals surface area contributed by atoms with E-state index in [1.165, 1.54) is 25.7 Å². The maximum atomic E-state index is 6.06. The van der Waals surface area contributed by atoms with Crippen molar-refractivity contribution in [3.05, 3.63) is 11.0 Å². The second-order valence-electron chi connectivity index (χ2n) is 5.34. The fraction of sp³-hybridized carbons (Fsp3) is 0.692. The summed E-state index contributed by atoms with van der Waals surface area (Å²) in [6.07, 6.45) is 4.93. The number of hydrogen-bond acceptors (Lipinski definition) is 4. The molecule has 2 rings (SSSR count). The Kier molecular flexibility index (Phi) is 3.95. The molecule has 1 heterocycles. The Morgan fingerprint density at radius 2 is 1.83 bits per heavy atom. The highest BCUT2D eigenvalue weighted by atomic mass is 35.5. The number of rotatable bonds is 2. The number of hydrogen-bond donors (Lipinski definition) is 1. The largest absolute Gasteiger partial charge is 0.394 e. The summed E-state index contributed by atoms with van der Waals surface area (Å²) in [5, 5.41) is 0.271. The summed E-state index contributed by atoms with van der Waals surface area (Å²) in [5.74, 6) is 1.61. The Hall–Kier alpha value is -1.03. The first kappa shape index (κ1) is 13.4. The third kappa shape index (κ3) is 2.69. The lowest BCUT2D eigenvalue weighted by molar-refractivity contribution is 0.340. The van der Waals surface area contributed by atoms with Crippen LogP contribution >= 0.6 is 11.6 Å². The van der Waals surface area contributed by atoms with Gasteiger partial charge in [0.05, 0.1) is 11.4 Å². The van der Waals surface area contributed by atoms with Crippen LogP contribution < -0.4 is 10.6 Å². The molecule has 0 aromatic carbocycles. The van der Waals surface area contributed by atoms with Crippen molar-refractivity contribution < 1.29 is 0 Å². The van der Waals surface area contributed by atoms with Gasteiger partial charge in [-0.2, -0.15) is 4.98 Å². The fourth-order valence-corrected chi connectivity index (χ4v) is 2.81. The Balaban J connectivity index is 2.20. The molecule has 0 amide bonds. The van der Waals surface area contributed by atoms with Crippen molar-refractivity contribution in [1.82, 2.24) is 9.97 Å². The third-order valence-electron chi connectivity index (χ3n) is 3.96. The van der Waals surface area contributed by atoms with E-state index in [9.17, 15) is 0 Å². The maximum absolute atomic E-state index is 6.06. The minimum Gasteiger partial charge on any atom is -0.394 e. The number of halogens is 1. The summed E-state index contributed by atoms with van der Waals surface area (Å²) in [4.78, 5) is 10.5. The molecule has 0 bridgehead atoms. The van der Waals surface area contributed by atoms with Crippen molar-refractivity contribution in [2.75, 3.05) is 17.7 Å². The van der Waals surface area contributed by atoms with Crippen LogP contribution in [0, 0.1) is 12.8 Å². The molecule has 0 aliphatic heterocycles. The zero-order valence-corrected chi connectivity index (χ0v) is 12.0. The minimum absolute atomic E-state index is 0.271. The first-order valence-corrected chi connectivity index (χ1v) is 6.89. The molecule has 0 spiro atoms. The normalized spacial score (nSPS) is 24.0. The topological polar surface area (TPSA) is 55.0 Å². The van der Waals surface area contributed by atoms with Gasteiger partial charge in [0.1, 0.15) is 0 Å². The molecule has 0 unspecified atom stereocenters. The number of nitrogens with zero attached hydrogens (tertiary/aromatic N) is 3. The van der Waals surface area contributed by atoms with Crippen molar-refractivity contribution in [2.45, 2.75) is 45.6 Å². The van der Waals surface area contributed by atoms with Gasteiger partial charge < -0.3 is 10.6 Å². The monoisotopic (exact) mass is 268 g/mol. The maximum Gasteiger partial charge on any atom is 0.224 e. The molecule has 1 saturated carbocycles. The number of anilines is 2. The molecule has 1 aliphatic rings. The van der Waals surface area contributed by atoms with Crippen LogP contribution in [0.2, 0.25) is 5.28 Å². The van der Waals surface area contributed by atoms with Crippen LogP contribution in [0.5, 0.6) is 0 Å². The van der Waals surface area contributed by atoms with Gasteiger partial charge in [0.25, 0.3) is 0 Å². The van der Waals surface area contributed by atoms with E-state index in [4.69, 9.17) is 17.3 Å². The first-order valence-electron chi connectivity index (χ1n) is 6.51. The van der Waals surface area contributed by atoms with Crippen molar-refractivity contribution in [2.24, 2.45) is 5.92 Å². The van der Waals surface area contributed by atoms with E-state index in [0.29, 0.717) is 11.7 Å². The smallest absolute Gasteiger partial charge is 0.224 e. The SMILES string of the molecule is Cc1nc(Cl)nc(N(C)C2CCC(C)CC2)c1N. The predicted molar refractivity (Wildman–Crippen MR) is 76.0 cm³/mol. The molecular formula is C13H21ClN4. The molecule has 0 radical (unpaired) electrons. The van der Waals surface area contributed by atoms with Crippen molar-refractivity contribution in [3.63, 3.8) is 0 Å². The van der Waals surface area contributed by atoms with Crippen LogP contribution in [0.3, 0.4) is 0 Å². The Morgan fingerprint density at radius 3 is 2.44 bits per heavy atom. The number of nitrogen functional groups attached to an aromatic ring is 1. The van der Waals surface area contributed by atoms with Crippen LogP contribution in [-0.4, -0.2) is 23.1 Å². The lowest BCUT2D eigenvalue weighted by Crippen LogP contribution is -2.36. The second kappa shape index (κ2) is 5.31. The highest BCUT2D eigenvalue weighted by Gasteiger charge is 2.24. The fourth-order valence-electron chi connectivity index (χ4n) is 2.60. The van der Waals surface area contributed by atoms with Gasteiger partial charge >= 0.3 is 0 Å². The molecule has 100 valence electrons. The highest BCUT2D eigenvalue weighted by molar-refractivity contribution is 6.28.